The van der Waals surface area contributed by atoms with Crippen LogP contribution >= 0.6 is 39.3 Å². The van der Waals surface area contributed by atoms with Gasteiger partial charge in [-0.1, -0.05) is 48.0 Å². The number of imide groups is 1. The number of rotatable bonds is 6. The van der Waals surface area contributed by atoms with Gasteiger partial charge in [-0.25, -0.2) is 4.79 Å². The van der Waals surface area contributed by atoms with Gasteiger partial charge in [-0.15, -0.1) is 0 Å². The molecule has 4 rings (SSSR count). The van der Waals surface area contributed by atoms with Crippen LogP contribution in [0.1, 0.15) is 27.0 Å². The normalized spacial score (nSPS) is 14.5. The molecule has 0 saturated carbocycles. The molecule has 1 saturated heterocycles. The average Bonchev–Trinajstić information content (AvgIpc) is 3.09. The molecule has 0 bridgehead atoms. The van der Waals surface area contributed by atoms with E-state index in [1.807, 2.05) is 31.2 Å². The van der Waals surface area contributed by atoms with Crippen LogP contribution in [0.25, 0.3) is 6.08 Å². The van der Waals surface area contributed by atoms with Gasteiger partial charge in [-0.2, -0.15) is 0 Å². The second-order valence-corrected chi connectivity index (χ2v) is 9.85. The molecule has 35 heavy (non-hydrogen) atoms. The standard InChI is InChI=1S/C26H19BrClNO5S/c1-15-7-3-4-8-17(15)14-29-24(30)22(35-26(29)32)13-16-11-19(27)23(21(12-16)33-2)34-25(31)18-9-5-6-10-20(18)28/h3-13H,14H2,1-2H3/b22-13-. The lowest BCUT2D eigenvalue weighted by Gasteiger charge is -2.14. The first kappa shape index (κ1) is 25.0. The lowest BCUT2D eigenvalue weighted by Crippen LogP contribution is -2.27. The Hall–Kier alpha value is -3.07. The third kappa shape index (κ3) is 5.45. The topological polar surface area (TPSA) is 72.9 Å². The summed E-state index contributed by atoms with van der Waals surface area (Å²) in [5.74, 6) is -0.570. The van der Waals surface area contributed by atoms with Gasteiger partial charge in [0.1, 0.15) is 0 Å². The Balaban J connectivity index is 1.58. The van der Waals surface area contributed by atoms with Crippen molar-refractivity contribution in [2.75, 3.05) is 7.11 Å². The summed E-state index contributed by atoms with van der Waals surface area (Å²) in [6.45, 7) is 2.15. The van der Waals surface area contributed by atoms with Crippen molar-refractivity contribution in [3.05, 3.63) is 97.3 Å². The van der Waals surface area contributed by atoms with E-state index in [1.54, 1.807) is 42.5 Å². The van der Waals surface area contributed by atoms with Crippen LogP contribution < -0.4 is 9.47 Å². The van der Waals surface area contributed by atoms with Crippen molar-refractivity contribution in [2.45, 2.75) is 13.5 Å². The number of hydrogen-bond donors (Lipinski definition) is 0. The molecule has 2 amide bonds. The number of benzene rings is 3. The van der Waals surface area contributed by atoms with E-state index in [0.29, 0.717) is 14.9 Å². The molecule has 1 aliphatic heterocycles. The highest BCUT2D eigenvalue weighted by Gasteiger charge is 2.35. The second-order valence-electron chi connectivity index (χ2n) is 7.60. The first-order valence-electron chi connectivity index (χ1n) is 10.4. The summed E-state index contributed by atoms with van der Waals surface area (Å²) in [6.07, 6.45) is 1.61. The molecule has 3 aromatic carbocycles. The van der Waals surface area contributed by atoms with E-state index in [9.17, 15) is 14.4 Å². The summed E-state index contributed by atoms with van der Waals surface area (Å²) in [4.78, 5) is 39.7. The monoisotopic (exact) mass is 571 g/mol. The summed E-state index contributed by atoms with van der Waals surface area (Å²) in [5, 5.41) is -0.0635. The van der Waals surface area contributed by atoms with Crippen LogP contribution in [0, 0.1) is 6.92 Å². The Morgan fingerprint density at radius 3 is 2.54 bits per heavy atom. The first-order chi connectivity index (χ1) is 16.8. The van der Waals surface area contributed by atoms with Crippen LogP contribution in [-0.4, -0.2) is 29.1 Å². The van der Waals surface area contributed by atoms with E-state index >= 15 is 0 Å². The van der Waals surface area contributed by atoms with Gasteiger partial charge in [0.15, 0.2) is 11.5 Å². The van der Waals surface area contributed by atoms with Gasteiger partial charge >= 0.3 is 5.97 Å². The number of methoxy groups -OCH3 is 1. The molecule has 1 heterocycles. The van der Waals surface area contributed by atoms with Gasteiger partial charge in [-0.05, 0) is 81.6 Å². The Morgan fingerprint density at radius 2 is 1.83 bits per heavy atom. The van der Waals surface area contributed by atoms with Crippen LogP contribution in [0.5, 0.6) is 11.5 Å². The molecule has 3 aromatic rings. The highest BCUT2D eigenvalue weighted by molar-refractivity contribution is 9.10. The molecular weight excluding hydrogens is 554 g/mol. The number of carbonyl (C=O) groups excluding carboxylic acids is 3. The largest absolute Gasteiger partial charge is 0.493 e. The molecule has 0 N–H and O–H groups in total. The number of halogens is 2. The molecule has 0 spiro atoms. The van der Waals surface area contributed by atoms with E-state index in [2.05, 4.69) is 15.9 Å². The molecule has 178 valence electrons. The van der Waals surface area contributed by atoms with Gasteiger partial charge in [0.25, 0.3) is 11.1 Å². The second kappa shape index (κ2) is 10.7. The van der Waals surface area contributed by atoms with Gasteiger partial charge in [-0.3, -0.25) is 14.5 Å². The van der Waals surface area contributed by atoms with Crippen LogP contribution in [0.3, 0.4) is 0 Å². The Bertz CT molecular complexity index is 1370. The first-order valence-corrected chi connectivity index (χ1v) is 12.4. The molecule has 6 nitrogen and oxygen atoms in total. The van der Waals surface area contributed by atoms with Crippen molar-refractivity contribution in [2.24, 2.45) is 0 Å². The minimum absolute atomic E-state index is 0.169. The zero-order valence-corrected chi connectivity index (χ0v) is 21.9. The number of carbonyl (C=O) groups is 3. The fourth-order valence-electron chi connectivity index (χ4n) is 3.44. The third-order valence-corrected chi connectivity index (χ3v) is 7.13. The van der Waals surface area contributed by atoms with E-state index < -0.39 is 5.97 Å². The van der Waals surface area contributed by atoms with Crippen LogP contribution in [0.4, 0.5) is 4.79 Å². The predicted octanol–water partition coefficient (Wildman–Crippen LogP) is 6.88. The van der Waals surface area contributed by atoms with Crippen molar-refractivity contribution in [3.63, 3.8) is 0 Å². The third-order valence-electron chi connectivity index (χ3n) is 5.30. The zero-order valence-electron chi connectivity index (χ0n) is 18.7. The smallest absolute Gasteiger partial charge is 0.345 e. The minimum atomic E-state index is -0.639. The SMILES string of the molecule is COc1cc(/C=C2\SC(=O)N(Cc3ccccc3C)C2=O)cc(Br)c1OC(=O)c1ccccc1Cl. The van der Waals surface area contributed by atoms with Crippen molar-refractivity contribution >= 4 is 62.5 Å². The van der Waals surface area contributed by atoms with Crippen molar-refractivity contribution < 1.29 is 23.9 Å². The predicted molar refractivity (Wildman–Crippen MR) is 140 cm³/mol. The van der Waals surface area contributed by atoms with Gasteiger partial charge < -0.3 is 9.47 Å². The number of ether oxygens (including phenoxy) is 2. The van der Waals surface area contributed by atoms with Gasteiger partial charge in [0, 0.05) is 0 Å². The summed E-state index contributed by atoms with van der Waals surface area (Å²) in [7, 11) is 1.44. The minimum Gasteiger partial charge on any atom is -0.493 e. The number of amides is 2. The van der Waals surface area contributed by atoms with Crippen LogP contribution in [0.15, 0.2) is 70.0 Å². The van der Waals surface area contributed by atoms with E-state index in [1.165, 1.54) is 12.0 Å². The zero-order chi connectivity index (χ0) is 25.1. The maximum absolute atomic E-state index is 13.0. The van der Waals surface area contributed by atoms with E-state index in [0.717, 1.165) is 22.9 Å². The fourth-order valence-corrected chi connectivity index (χ4v) is 5.03. The highest BCUT2D eigenvalue weighted by Crippen LogP contribution is 2.40. The summed E-state index contributed by atoms with van der Waals surface area (Å²) in [6, 6.07) is 17.5. The molecule has 1 aliphatic rings. The van der Waals surface area contributed by atoms with Crippen molar-refractivity contribution in [3.8, 4) is 11.5 Å². The number of hydrogen-bond acceptors (Lipinski definition) is 6. The Kier molecular flexibility index (Phi) is 7.64. The molecule has 1 fully saturated rings. The van der Waals surface area contributed by atoms with Gasteiger partial charge in [0.2, 0.25) is 0 Å². The summed E-state index contributed by atoms with van der Waals surface area (Å²) >= 11 is 10.4. The van der Waals surface area contributed by atoms with E-state index in [-0.39, 0.29) is 39.8 Å². The van der Waals surface area contributed by atoms with Crippen molar-refractivity contribution in [1.82, 2.24) is 4.90 Å². The molecule has 0 unspecified atom stereocenters. The number of esters is 1. The lowest BCUT2D eigenvalue weighted by atomic mass is 10.1. The quantitative estimate of drug-likeness (QED) is 0.182. The number of aryl methyl sites for hydroxylation is 1. The lowest BCUT2D eigenvalue weighted by molar-refractivity contribution is -0.123. The molecule has 0 aliphatic carbocycles. The maximum Gasteiger partial charge on any atom is 0.345 e. The van der Waals surface area contributed by atoms with E-state index in [4.69, 9.17) is 21.1 Å². The van der Waals surface area contributed by atoms with Crippen molar-refractivity contribution in [1.29, 1.82) is 0 Å². The van der Waals surface area contributed by atoms with Crippen LogP contribution in [0.2, 0.25) is 5.02 Å². The Labute approximate surface area is 220 Å². The molecule has 0 atom stereocenters. The average molecular weight is 573 g/mol. The number of thioether (sulfide) groups is 1. The van der Waals surface area contributed by atoms with Crippen LogP contribution in [-0.2, 0) is 11.3 Å². The molecule has 0 radical (unpaired) electrons. The Morgan fingerprint density at radius 1 is 1.11 bits per heavy atom. The highest BCUT2D eigenvalue weighted by atomic mass is 79.9. The number of nitrogens with zero attached hydrogens (tertiary/aromatic N) is 1. The fraction of sp³-hybridized carbons (Fsp3) is 0.115. The molecule has 0 aromatic heterocycles. The summed E-state index contributed by atoms with van der Waals surface area (Å²) in [5.41, 5.74) is 2.72. The molecular formula is C26H19BrClNO5S. The molecule has 9 heteroatoms. The van der Waals surface area contributed by atoms with Gasteiger partial charge in [0.05, 0.1) is 33.6 Å². The summed E-state index contributed by atoms with van der Waals surface area (Å²) < 4.78 is 11.4. The maximum atomic E-state index is 13.0.